The predicted molar refractivity (Wildman–Crippen MR) is 68.9 cm³/mol. The van der Waals surface area contributed by atoms with Gasteiger partial charge in [0, 0.05) is 38.8 Å². The maximum Gasteiger partial charge on any atom is 0.249 e. The van der Waals surface area contributed by atoms with Crippen LogP contribution in [0.1, 0.15) is 20.3 Å². The molecule has 2 aliphatic heterocycles. The summed E-state index contributed by atoms with van der Waals surface area (Å²) in [6.45, 7) is 6.63. The van der Waals surface area contributed by atoms with Crippen molar-refractivity contribution in [2.45, 2.75) is 20.3 Å². The number of nitrogens with one attached hydrogen (secondary N) is 2. The molecule has 2 heterocycles. The first kappa shape index (κ1) is 13.1. The minimum Gasteiger partial charge on any atom is -0.359 e. The van der Waals surface area contributed by atoms with Crippen molar-refractivity contribution in [2.75, 3.05) is 33.2 Å². The normalized spacial score (nSPS) is 26.8. The van der Waals surface area contributed by atoms with Crippen molar-refractivity contribution in [3.8, 4) is 0 Å². The Morgan fingerprint density at radius 3 is 2.56 bits per heavy atom. The molecule has 0 aliphatic carbocycles. The van der Waals surface area contributed by atoms with Crippen LogP contribution < -0.4 is 10.6 Å². The smallest absolute Gasteiger partial charge is 0.249 e. The summed E-state index contributed by atoms with van der Waals surface area (Å²) < 4.78 is 0. The lowest BCUT2D eigenvalue weighted by atomic mass is 9.89. The Labute approximate surface area is 108 Å². The van der Waals surface area contributed by atoms with E-state index in [0.29, 0.717) is 13.1 Å². The van der Waals surface area contributed by atoms with E-state index in [-0.39, 0.29) is 11.8 Å². The average Bonchev–Trinajstić information content (AvgIpc) is 2.68. The quantitative estimate of drug-likeness (QED) is 0.673. The van der Waals surface area contributed by atoms with E-state index in [4.69, 9.17) is 0 Å². The van der Waals surface area contributed by atoms with Crippen LogP contribution in [0.4, 0.5) is 0 Å². The van der Waals surface area contributed by atoms with E-state index in [1.54, 1.807) is 11.9 Å². The minimum absolute atomic E-state index is 0.0217. The molecule has 0 spiro atoms. The Bertz CT molecular complexity index is 410. The van der Waals surface area contributed by atoms with Crippen LogP contribution in [0.25, 0.3) is 0 Å². The molecule has 0 saturated carbocycles. The van der Waals surface area contributed by atoms with Gasteiger partial charge in [-0.3, -0.25) is 9.59 Å². The van der Waals surface area contributed by atoms with Crippen molar-refractivity contribution in [2.24, 2.45) is 5.41 Å². The van der Waals surface area contributed by atoms with E-state index < -0.39 is 5.41 Å². The maximum atomic E-state index is 12.3. The number of carbonyl (C=O) groups is 2. The van der Waals surface area contributed by atoms with E-state index in [1.165, 1.54) is 5.57 Å². The molecule has 1 atom stereocenters. The number of carbonyl (C=O) groups excluding carboxylic acids is 2. The maximum absolute atomic E-state index is 12.3. The van der Waals surface area contributed by atoms with Gasteiger partial charge in [0.15, 0.2) is 0 Å². The van der Waals surface area contributed by atoms with E-state index in [9.17, 15) is 9.59 Å². The molecule has 0 bridgehead atoms. The van der Waals surface area contributed by atoms with Gasteiger partial charge in [-0.05, 0) is 25.8 Å². The fourth-order valence-electron chi connectivity index (χ4n) is 2.53. The molecule has 1 unspecified atom stereocenters. The minimum atomic E-state index is -0.437. The summed E-state index contributed by atoms with van der Waals surface area (Å²) in [4.78, 5) is 25.9. The molecule has 18 heavy (non-hydrogen) atoms. The first-order valence-electron chi connectivity index (χ1n) is 6.39. The molecule has 0 aromatic rings. The Kier molecular flexibility index (Phi) is 3.43. The highest BCUT2D eigenvalue weighted by Gasteiger charge is 2.41. The highest BCUT2D eigenvalue weighted by molar-refractivity contribution is 5.95. The number of amides is 2. The van der Waals surface area contributed by atoms with Crippen LogP contribution in [0.3, 0.4) is 0 Å². The SMILES string of the molecule is CNC(=O)C1(C)CCN(C(=O)C(C)=C2CNC2)C1. The molecule has 0 radical (unpaired) electrons. The van der Waals surface area contributed by atoms with Crippen LogP contribution in [-0.2, 0) is 9.59 Å². The third kappa shape index (κ3) is 2.14. The Morgan fingerprint density at radius 1 is 1.39 bits per heavy atom. The molecular formula is C13H21N3O2. The van der Waals surface area contributed by atoms with Gasteiger partial charge < -0.3 is 15.5 Å². The first-order chi connectivity index (χ1) is 8.48. The molecule has 2 rings (SSSR count). The predicted octanol–water partition coefficient (Wildman–Crippen LogP) is -0.109. The fourth-order valence-corrected chi connectivity index (χ4v) is 2.53. The van der Waals surface area contributed by atoms with Gasteiger partial charge in [-0.25, -0.2) is 0 Å². The van der Waals surface area contributed by atoms with Crippen molar-refractivity contribution in [3.63, 3.8) is 0 Å². The zero-order valence-electron chi connectivity index (χ0n) is 11.3. The van der Waals surface area contributed by atoms with Crippen LogP contribution in [0.15, 0.2) is 11.1 Å². The molecule has 5 heteroatoms. The monoisotopic (exact) mass is 251 g/mol. The molecule has 2 fully saturated rings. The number of hydrogen-bond donors (Lipinski definition) is 2. The van der Waals surface area contributed by atoms with E-state index >= 15 is 0 Å². The Morgan fingerprint density at radius 2 is 2.06 bits per heavy atom. The third-order valence-corrected chi connectivity index (χ3v) is 4.06. The second-order valence-corrected chi connectivity index (χ2v) is 5.45. The summed E-state index contributed by atoms with van der Waals surface area (Å²) in [6, 6.07) is 0. The highest BCUT2D eigenvalue weighted by atomic mass is 16.2. The van der Waals surface area contributed by atoms with Gasteiger partial charge in [-0.1, -0.05) is 0 Å². The van der Waals surface area contributed by atoms with Gasteiger partial charge in [0.1, 0.15) is 0 Å². The molecule has 100 valence electrons. The van der Waals surface area contributed by atoms with E-state index in [1.807, 2.05) is 13.8 Å². The van der Waals surface area contributed by atoms with Crippen molar-refractivity contribution >= 4 is 11.8 Å². The number of nitrogens with zero attached hydrogens (tertiary/aromatic N) is 1. The summed E-state index contributed by atoms with van der Waals surface area (Å²) in [5, 5.41) is 5.82. The van der Waals surface area contributed by atoms with Gasteiger partial charge in [-0.15, -0.1) is 0 Å². The number of hydrogen-bond acceptors (Lipinski definition) is 3. The van der Waals surface area contributed by atoms with Gasteiger partial charge in [0.05, 0.1) is 5.41 Å². The van der Waals surface area contributed by atoms with Crippen molar-refractivity contribution < 1.29 is 9.59 Å². The molecular weight excluding hydrogens is 230 g/mol. The van der Waals surface area contributed by atoms with Crippen molar-refractivity contribution in [1.29, 1.82) is 0 Å². The molecule has 0 aromatic heterocycles. The van der Waals surface area contributed by atoms with Gasteiger partial charge in [0.25, 0.3) is 0 Å². The average molecular weight is 251 g/mol. The van der Waals surface area contributed by atoms with E-state index in [0.717, 1.165) is 25.1 Å². The summed E-state index contributed by atoms with van der Waals surface area (Å²) in [7, 11) is 1.64. The lowest BCUT2D eigenvalue weighted by molar-refractivity contribution is -0.130. The molecule has 2 N–H and O–H groups in total. The summed E-state index contributed by atoms with van der Waals surface area (Å²) in [5.74, 6) is 0.104. The fraction of sp³-hybridized carbons (Fsp3) is 0.692. The first-order valence-corrected chi connectivity index (χ1v) is 6.39. The Balaban J connectivity index is 2.05. The van der Waals surface area contributed by atoms with Crippen LogP contribution in [-0.4, -0.2) is 49.9 Å². The summed E-state index contributed by atoms with van der Waals surface area (Å²) in [6.07, 6.45) is 0.735. The summed E-state index contributed by atoms with van der Waals surface area (Å²) in [5.41, 5.74) is 1.59. The van der Waals surface area contributed by atoms with Gasteiger partial charge in [0.2, 0.25) is 11.8 Å². The molecule has 2 amide bonds. The van der Waals surface area contributed by atoms with Crippen LogP contribution in [0, 0.1) is 5.41 Å². The van der Waals surface area contributed by atoms with Crippen LogP contribution >= 0.6 is 0 Å². The van der Waals surface area contributed by atoms with Crippen LogP contribution in [0.2, 0.25) is 0 Å². The molecule has 5 nitrogen and oxygen atoms in total. The number of rotatable bonds is 2. The zero-order valence-corrected chi connectivity index (χ0v) is 11.3. The standard InChI is InChI=1S/C13H21N3O2/c1-9(10-6-15-7-10)11(17)16-5-4-13(2,8-16)12(18)14-3/h15H,4-8H2,1-3H3,(H,14,18). The number of likely N-dealkylation sites (tertiary alicyclic amines) is 1. The largest absolute Gasteiger partial charge is 0.359 e. The summed E-state index contributed by atoms with van der Waals surface area (Å²) >= 11 is 0. The lowest BCUT2D eigenvalue weighted by Crippen LogP contribution is -2.42. The molecule has 0 aromatic carbocycles. The van der Waals surface area contributed by atoms with E-state index in [2.05, 4.69) is 10.6 Å². The second-order valence-electron chi connectivity index (χ2n) is 5.45. The zero-order chi connectivity index (χ0) is 13.3. The van der Waals surface area contributed by atoms with Gasteiger partial charge in [-0.2, -0.15) is 0 Å². The van der Waals surface area contributed by atoms with Crippen LogP contribution in [0.5, 0.6) is 0 Å². The third-order valence-electron chi connectivity index (χ3n) is 4.06. The second kappa shape index (κ2) is 4.72. The molecule has 2 saturated heterocycles. The lowest BCUT2D eigenvalue weighted by Gasteiger charge is -2.26. The van der Waals surface area contributed by atoms with Gasteiger partial charge >= 0.3 is 0 Å². The topological polar surface area (TPSA) is 61.4 Å². The highest BCUT2D eigenvalue weighted by Crippen LogP contribution is 2.31. The van der Waals surface area contributed by atoms with Crippen molar-refractivity contribution in [1.82, 2.24) is 15.5 Å². The molecule has 2 aliphatic rings. The Hall–Kier alpha value is -1.36. The van der Waals surface area contributed by atoms with Crippen molar-refractivity contribution in [3.05, 3.63) is 11.1 Å².